The highest BCUT2D eigenvalue weighted by Gasteiger charge is 2.23. The van der Waals surface area contributed by atoms with E-state index in [9.17, 15) is 4.79 Å². The lowest BCUT2D eigenvalue weighted by molar-refractivity contribution is 0.103. The van der Waals surface area contributed by atoms with Gasteiger partial charge in [0.2, 0.25) is 0 Å². The number of hydrogen-bond donors (Lipinski definition) is 0. The first kappa shape index (κ1) is 16.2. The van der Waals surface area contributed by atoms with E-state index in [1.165, 1.54) is 5.57 Å². The van der Waals surface area contributed by atoms with Gasteiger partial charge >= 0.3 is 0 Å². The summed E-state index contributed by atoms with van der Waals surface area (Å²) in [4.78, 5) is 12.2. The minimum atomic E-state index is 0.176. The summed E-state index contributed by atoms with van der Waals surface area (Å²) >= 11 is 0. The number of hydrogen-bond acceptors (Lipinski definition) is 1. The van der Waals surface area contributed by atoms with Crippen LogP contribution in [-0.2, 0) is 6.42 Å². The van der Waals surface area contributed by atoms with Crippen molar-refractivity contribution in [3.8, 4) is 0 Å². The minimum Gasteiger partial charge on any atom is -0.289 e. The fraction of sp³-hybridized carbons (Fsp3) is 0.316. The molecule has 0 aromatic heterocycles. The molecular weight excluding hydrogens is 244 g/mol. The molecule has 0 amide bonds. The molecule has 0 aliphatic heterocycles. The maximum atomic E-state index is 12.2. The van der Waals surface area contributed by atoms with Crippen molar-refractivity contribution in [3.63, 3.8) is 0 Å². The molecule has 0 saturated carbocycles. The Morgan fingerprint density at radius 2 is 1.70 bits per heavy atom. The SMILES string of the molecule is CC.CC(C)=C/C=C(C)/C=C1\Cc2ccccc2C1=O. The van der Waals surface area contributed by atoms with Gasteiger partial charge in [0.05, 0.1) is 0 Å². The highest BCUT2D eigenvalue weighted by atomic mass is 16.1. The van der Waals surface area contributed by atoms with Crippen LogP contribution in [-0.4, -0.2) is 5.78 Å². The number of rotatable bonds is 2. The molecule has 1 aromatic rings. The van der Waals surface area contributed by atoms with Gasteiger partial charge in [-0.1, -0.05) is 67.5 Å². The van der Waals surface area contributed by atoms with E-state index in [1.54, 1.807) is 0 Å². The molecule has 0 heterocycles. The Balaban J connectivity index is 0.000000956. The van der Waals surface area contributed by atoms with E-state index in [1.807, 2.05) is 51.1 Å². The largest absolute Gasteiger partial charge is 0.289 e. The lowest BCUT2D eigenvalue weighted by atomic mass is 10.1. The Bertz CT molecular complexity index is 567. The van der Waals surface area contributed by atoms with Crippen molar-refractivity contribution < 1.29 is 4.79 Å². The van der Waals surface area contributed by atoms with Gasteiger partial charge in [-0.15, -0.1) is 0 Å². The van der Waals surface area contributed by atoms with Crippen molar-refractivity contribution in [1.29, 1.82) is 0 Å². The molecule has 0 saturated heterocycles. The van der Waals surface area contributed by atoms with Gasteiger partial charge in [-0.25, -0.2) is 0 Å². The third-order valence-corrected chi connectivity index (χ3v) is 3.02. The lowest BCUT2D eigenvalue weighted by Gasteiger charge is -1.95. The second-order valence-corrected chi connectivity index (χ2v) is 4.99. The summed E-state index contributed by atoms with van der Waals surface area (Å²) in [6.45, 7) is 10.2. The summed E-state index contributed by atoms with van der Waals surface area (Å²) in [5.74, 6) is 0.176. The van der Waals surface area contributed by atoms with Crippen molar-refractivity contribution in [2.75, 3.05) is 0 Å². The number of carbonyl (C=O) groups excluding carboxylic acids is 1. The summed E-state index contributed by atoms with van der Waals surface area (Å²) in [5, 5.41) is 0. The number of allylic oxidation sites excluding steroid dienone is 6. The summed E-state index contributed by atoms with van der Waals surface area (Å²) in [6.07, 6.45) is 6.88. The highest BCUT2D eigenvalue weighted by molar-refractivity contribution is 6.13. The van der Waals surface area contributed by atoms with Gasteiger partial charge in [-0.05, 0) is 26.3 Å². The smallest absolute Gasteiger partial charge is 0.189 e. The monoisotopic (exact) mass is 268 g/mol. The van der Waals surface area contributed by atoms with Gasteiger partial charge in [0.25, 0.3) is 0 Å². The standard InChI is InChI=1S/C17H18O.C2H6/c1-12(2)8-9-13(3)10-15-11-14-6-4-5-7-16(14)17(15)18;1-2/h4-10H,11H2,1-3H3;1-2H3/b13-9+,15-10+;. The van der Waals surface area contributed by atoms with Crippen LogP contribution in [0.2, 0.25) is 0 Å². The summed E-state index contributed by atoms with van der Waals surface area (Å²) < 4.78 is 0. The molecule has 1 aliphatic carbocycles. The van der Waals surface area contributed by atoms with Crippen LogP contribution in [0.1, 0.15) is 50.5 Å². The van der Waals surface area contributed by atoms with Crippen LogP contribution < -0.4 is 0 Å². The van der Waals surface area contributed by atoms with Gasteiger partial charge in [-0.3, -0.25) is 4.79 Å². The molecule has 106 valence electrons. The Hall–Kier alpha value is -1.89. The molecule has 0 unspecified atom stereocenters. The molecule has 1 heteroatoms. The number of benzene rings is 1. The number of fused-ring (bicyclic) bond motifs is 1. The molecule has 0 atom stereocenters. The molecule has 0 N–H and O–H groups in total. The third kappa shape index (κ3) is 4.06. The van der Waals surface area contributed by atoms with Crippen molar-refractivity contribution in [3.05, 3.63) is 70.3 Å². The number of carbonyl (C=O) groups is 1. The normalized spacial score (nSPS) is 15.6. The average Bonchev–Trinajstić information content (AvgIpc) is 2.76. The molecule has 0 bridgehead atoms. The first-order valence-electron chi connectivity index (χ1n) is 7.23. The zero-order valence-electron chi connectivity index (χ0n) is 13.2. The van der Waals surface area contributed by atoms with Gasteiger partial charge < -0.3 is 0 Å². The third-order valence-electron chi connectivity index (χ3n) is 3.02. The maximum absolute atomic E-state index is 12.2. The summed E-state index contributed by atoms with van der Waals surface area (Å²) in [5.41, 5.74) is 5.27. The van der Waals surface area contributed by atoms with Crippen LogP contribution in [0.3, 0.4) is 0 Å². The molecule has 1 aliphatic rings. The first-order chi connectivity index (χ1) is 9.58. The Labute approximate surface area is 122 Å². The predicted octanol–water partition coefficient (Wildman–Crippen LogP) is 5.29. The van der Waals surface area contributed by atoms with E-state index >= 15 is 0 Å². The van der Waals surface area contributed by atoms with Crippen molar-refractivity contribution in [1.82, 2.24) is 0 Å². The molecule has 1 aromatic carbocycles. The van der Waals surface area contributed by atoms with Crippen LogP contribution >= 0.6 is 0 Å². The van der Waals surface area contributed by atoms with Gasteiger partial charge in [-0.2, -0.15) is 0 Å². The second-order valence-electron chi connectivity index (χ2n) is 4.99. The van der Waals surface area contributed by atoms with Crippen molar-refractivity contribution in [2.24, 2.45) is 0 Å². The predicted molar refractivity (Wildman–Crippen MR) is 87.1 cm³/mol. The lowest BCUT2D eigenvalue weighted by Crippen LogP contribution is -1.95. The van der Waals surface area contributed by atoms with E-state index in [0.717, 1.165) is 28.7 Å². The maximum Gasteiger partial charge on any atom is 0.189 e. The molecule has 1 nitrogen and oxygen atoms in total. The van der Waals surface area contributed by atoms with Gasteiger partial charge in [0.15, 0.2) is 5.78 Å². The van der Waals surface area contributed by atoms with E-state index in [4.69, 9.17) is 0 Å². The number of Topliss-reactive ketones (excluding diaryl/α,β-unsaturated/α-hetero) is 1. The van der Waals surface area contributed by atoms with Crippen LogP contribution in [0.5, 0.6) is 0 Å². The molecule has 2 rings (SSSR count). The molecule has 0 radical (unpaired) electrons. The van der Waals surface area contributed by atoms with E-state index in [-0.39, 0.29) is 5.78 Å². The summed E-state index contributed by atoms with van der Waals surface area (Å²) in [7, 11) is 0. The fourth-order valence-corrected chi connectivity index (χ4v) is 2.09. The van der Waals surface area contributed by atoms with Crippen molar-refractivity contribution in [2.45, 2.75) is 41.0 Å². The molecule has 0 fully saturated rings. The Morgan fingerprint density at radius 1 is 1.05 bits per heavy atom. The van der Waals surface area contributed by atoms with Gasteiger partial charge in [0, 0.05) is 17.6 Å². The second kappa shape index (κ2) is 7.64. The summed E-state index contributed by atoms with van der Waals surface area (Å²) in [6, 6.07) is 7.85. The molecule has 20 heavy (non-hydrogen) atoms. The van der Waals surface area contributed by atoms with Gasteiger partial charge in [0.1, 0.15) is 0 Å². The molecule has 0 spiro atoms. The molecular formula is C19H24O. The highest BCUT2D eigenvalue weighted by Crippen LogP contribution is 2.26. The zero-order valence-corrected chi connectivity index (χ0v) is 13.2. The quantitative estimate of drug-likeness (QED) is 0.526. The first-order valence-corrected chi connectivity index (χ1v) is 7.23. The van der Waals surface area contributed by atoms with Crippen LogP contribution in [0, 0.1) is 0 Å². The fourth-order valence-electron chi connectivity index (χ4n) is 2.09. The zero-order chi connectivity index (χ0) is 15.1. The van der Waals surface area contributed by atoms with Crippen LogP contribution in [0.25, 0.3) is 0 Å². The average molecular weight is 268 g/mol. The van der Waals surface area contributed by atoms with Crippen LogP contribution in [0.4, 0.5) is 0 Å². The van der Waals surface area contributed by atoms with E-state index in [2.05, 4.69) is 26.0 Å². The van der Waals surface area contributed by atoms with Crippen LogP contribution in [0.15, 0.2) is 59.2 Å². The van der Waals surface area contributed by atoms with E-state index < -0.39 is 0 Å². The van der Waals surface area contributed by atoms with Crippen molar-refractivity contribution >= 4 is 5.78 Å². The Kier molecular flexibility index (Phi) is 6.17. The van der Waals surface area contributed by atoms with E-state index in [0.29, 0.717) is 0 Å². The topological polar surface area (TPSA) is 17.1 Å². The Morgan fingerprint density at radius 3 is 2.30 bits per heavy atom. The minimum absolute atomic E-state index is 0.176. The number of ketones is 1.